The van der Waals surface area contributed by atoms with E-state index in [1.807, 2.05) is 4.90 Å². The lowest BCUT2D eigenvalue weighted by Gasteiger charge is -2.34. The van der Waals surface area contributed by atoms with Crippen molar-refractivity contribution in [3.63, 3.8) is 0 Å². The molecule has 0 radical (unpaired) electrons. The summed E-state index contributed by atoms with van der Waals surface area (Å²) < 4.78 is 4.95. The maximum Gasteiger partial charge on any atom is 0.270 e. The molecule has 0 spiro atoms. The van der Waals surface area contributed by atoms with Gasteiger partial charge in [0.05, 0.1) is 17.0 Å². The minimum atomic E-state index is -0.472. The number of nitro groups is 1. The monoisotopic (exact) mass is 403 g/mol. The Labute approximate surface area is 167 Å². The minimum Gasteiger partial charge on any atom is -0.385 e. The molecular weight excluding hydrogens is 378 g/mol. The molecule has 1 aliphatic rings. The SMILES string of the molecule is COCCCNC(=O)CN1CCN(C(=O)c2c[nH]c3ccc([N+](=O)[O-])cc23)CC1. The number of fused-ring (bicyclic) bond motifs is 1. The van der Waals surface area contributed by atoms with E-state index in [1.165, 1.54) is 12.1 Å². The number of nitrogens with one attached hydrogen (secondary N) is 2. The highest BCUT2D eigenvalue weighted by Crippen LogP contribution is 2.25. The first-order valence-corrected chi connectivity index (χ1v) is 9.52. The fourth-order valence-corrected chi connectivity index (χ4v) is 3.38. The van der Waals surface area contributed by atoms with Gasteiger partial charge in [0.25, 0.3) is 11.6 Å². The summed E-state index contributed by atoms with van der Waals surface area (Å²) in [5.41, 5.74) is 1.06. The molecule has 0 saturated carbocycles. The summed E-state index contributed by atoms with van der Waals surface area (Å²) in [5, 5.41) is 14.4. The highest BCUT2D eigenvalue weighted by Gasteiger charge is 2.25. The number of amides is 2. The Morgan fingerprint density at radius 2 is 2.03 bits per heavy atom. The van der Waals surface area contributed by atoms with Crippen molar-refractivity contribution in [2.75, 3.05) is 53.0 Å². The molecule has 156 valence electrons. The van der Waals surface area contributed by atoms with Crippen LogP contribution < -0.4 is 5.32 Å². The van der Waals surface area contributed by atoms with Crippen LogP contribution in [0.25, 0.3) is 10.9 Å². The number of carbonyl (C=O) groups excluding carboxylic acids is 2. The third-order valence-electron chi connectivity index (χ3n) is 4.98. The largest absolute Gasteiger partial charge is 0.385 e. The van der Waals surface area contributed by atoms with E-state index in [-0.39, 0.29) is 17.5 Å². The summed E-state index contributed by atoms with van der Waals surface area (Å²) in [6, 6.07) is 4.43. The molecule has 0 bridgehead atoms. The number of carbonyl (C=O) groups is 2. The van der Waals surface area contributed by atoms with Crippen LogP contribution in [0.1, 0.15) is 16.8 Å². The second-order valence-electron chi connectivity index (χ2n) is 6.95. The normalized spacial score (nSPS) is 14.9. The summed E-state index contributed by atoms with van der Waals surface area (Å²) in [5.74, 6) is -0.203. The second kappa shape index (κ2) is 9.48. The Morgan fingerprint density at radius 3 is 2.72 bits per heavy atom. The molecule has 1 aromatic heterocycles. The molecule has 0 atom stereocenters. The van der Waals surface area contributed by atoms with Crippen molar-refractivity contribution in [1.29, 1.82) is 0 Å². The molecule has 0 aliphatic carbocycles. The van der Waals surface area contributed by atoms with Crippen LogP contribution in [-0.4, -0.2) is 84.5 Å². The van der Waals surface area contributed by atoms with E-state index < -0.39 is 4.92 Å². The number of methoxy groups -OCH3 is 1. The van der Waals surface area contributed by atoms with Gasteiger partial charge in [-0.3, -0.25) is 24.6 Å². The topological polar surface area (TPSA) is 121 Å². The zero-order valence-corrected chi connectivity index (χ0v) is 16.3. The number of nitro benzene ring substituents is 1. The Kier molecular flexibility index (Phi) is 6.78. The lowest BCUT2D eigenvalue weighted by Crippen LogP contribution is -2.51. The molecule has 2 N–H and O–H groups in total. The number of aromatic amines is 1. The van der Waals surface area contributed by atoms with Crippen LogP contribution in [0.5, 0.6) is 0 Å². The molecular formula is C19H25N5O5. The summed E-state index contributed by atoms with van der Waals surface area (Å²) in [6.07, 6.45) is 2.36. The van der Waals surface area contributed by atoms with Crippen LogP contribution in [0, 0.1) is 10.1 Å². The zero-order valence-electron chi connectivity index (χ0n) is 16.3. The number of piperazine rings is 1. The molecule has 2 amide bonds. The molecule has 1 saturated heterocycles. The van der Waals surface area contributed by atoms with Crippen LogP contribution in [0.15, 0.2) is 24.4 Å². The van der Waals surface area contributed by atoms with Gasteiger partial charge in [0.2, 0.25) is 5.91 Å². The van der Waals surface area contributed by atoms with Crippen LogP contribution in [0.3, 0.4) is 0 Å². The van der Waals surface area contributed by atoms with Crippen molar-refractivity contribution in [1.82, 2.24) is 20.1 Å². The predicted molar refractivity (Wildman–Crippen MR) is 107 cm³/mol. The Hall–Kier alpha value is -2.98. The van der Waals surface area contributed by atoms with Crippen molar-refractivity contribution >= 4 is 28.4 Å². The quantitative estimate of drug-likeness (QED) is 0.385. The van der Waals surface area contributed by atoms with Crippen molar-refractivity contribution < 1.29 is 19.2 Å². The van der Waals surface area contributed by atoms with Gasteiger partial charge < -0.3 is 19.9 Å². The van der Waals surface area contributed by atoms with Crippen molar-refractivity contribution in [2.45, 2.75) is 6.42 Å². The standard InChI is InChI=1S/C19H25N5O5/c1-29-10-2-5-20-18(25)13-22-6-8-23(9-7-22)19(26)16-12-21-17-4-3-14(24(27)28)11-15(16)17/h3-4,11-12,21H,2,5-10,13H2,1H3,(H,20,25). The van der Waals surface area contributed by atoms with Gasteiger partial charge in [0, 0.05) is 75.7 Å². The summed E-state index contributed by atoms with van der Waals surface area (Å²) in [6.45, 7) is 3.68. The first-order valence-electron chi connectivity index (χ1n) is 9.52. The Bertz CT molecular complexity index is 888. The van der Waals surface area contributed by atoms with E-state index in [0.29, 0.717) is 62.3 Å². The first-order chi connectivity index (χ1) is 14.0. The fourth-order valence-electron chi connectivity index (χ4n) is 3.38. The van der Waals surface area contributed by atoms with Crippen LogP contribution in [0.4, 0.5) is 5.69 Å². The number of non-ortho nitro benzene ring substituents is 1. The van der Waals surface area contributed by atoms with E-state index in [9.17, 15) is 19.7 Å². The Morgan fingerprint density at radius 1 is 1.28 bits per heavy atom. The van der Waals surface area contributed by atoms with Crippen LogP contribution >= 0.6 is 0 Å². The predicted octanol–water partition coefficient (Wildman–Crippen LogP) is 0.987. The van der Waals surface area contributed by atoms with Crippen molar-refractivity contribution in [3.05, 3.63) is 40.1 Å². The van der Waals surface area contributed by atoms with Crippen molar-refractivity contribution in [2.24, 2.45) is 0 Å². The molecule has 2 aromatic rings. The third kappa shape index (κ3) is 5.09. The van der Waals surface area contributed by atoms with Gasteiger partial charge in [-0.1, -0.05) is 0 Å². The second-order valence-corrected chi connectivity index (χ2v) is 6.95. The maximum absolute atomic E-state index is 12.9. The number of ether oxygens (including phenoxy) is 1. The number of rotatable bonds is 8. The van der Waals surface area contributed by atoms with E-state index in [0.717, 1.165) is 6.42 Å². The fraction of sp³-hybridized carbons (Fsp3) is 0.474. The number of aromatic nitrogens is 1. The van der Waals surface area contributed by atoms with Crippen LogP contribution in [0.2, 0.25) is 0 Å². The lowest BCUT2D eigenvalue weighted by atomic mass is 10.1. The van der Waals surface area contributed by atoms with Gasteiger partial charge in [0.1, 0.15) is 0 Å². The van der Waals surface area contributed by atoms with Gasteiger partial charge in [-0.15, -0.1) is 0 Å². The maximum atomic E-state index is 12.9. The van der Waals surface area contributed by atoms with E-state index >= 15 is 0 Å². The molecule has 1 aromatic carbocycles. The Balaban J connectivity index is 1.55. The van der Waals surface area contributed by atoms with E-state index in [2.05, 4.69) is 10.3 Å². The molecule has 1 fully saturated rings. The lowest BCUT2D eigenvalue weighted by molar-refractivity contribution is -0.384. The van der Waals surface area contributed by atoms with Crippen molar-refractivity contribution in [3.8, 4) is 0 Å². The number of H-pyrrole nitrogens is 1. The highest BCUT2D eigenvalue weighted by molar-refractivity contribution is 6.07. The summed E-state index contributed by atoms with van der Waals surface area (Å²) >= 11 is 0. The number of hydrogen-bond donors (Lipinski definition) is 2. The molecule has 29 heavy (non-hydrogen) atoms. The average Bonchev–Trinajstić information content (AvgIpc) is 3.14. The third-order valence-corrected chi connectivity index (χ3v) is 4.98. The zero-order chi connectivity index (χ0) is 20.8. The van der Waals surface area contributed by atoms with Gasteiger partial charge in [-0.05, 0) is 12.5 Å². The van der Waals surface area contributed by atoms with Gasteiger partial charge in [-0.2, -0.15) is 0 Å². The van der Waals surface area contributed by atoms with Gasteiger partial charge >= 0.3 is 0 Å². The average molecular weight is 403 g/mol. The number of nitrogens with zero attached hydrogens (tertiary/aromatic N) is 3. The van der Waals surface area contributed by atoms with E-state index in [1.54, 1.807) is 24.3 Å². The molecule has 3 rings (SSSR count). The molecule has 10 heteroatoms. The number of hydrogen-bond acceptors (Lipinski definition) is 6. The van der Waals surface area contributed by atoms with Gasteiger partial charge in [-0.25, -0.2) is 0 Å². The van der Waals surface area contributed by atoms with E-state index in [4.69, 9.17) is 4.74 Å². The summed E-state index contributed by atoms with van der Waals surface area (Å²) in [4.78, 5) is 42.2. The summed E-state index contributed by atoms with van der Waals surface area (Å²) in [7, 11) is 1.63. The van der Waals surface area contributed by atoms with Crippen LogP contribution in [-0.2, 0) is 9.53 Å². The molecule has 2 heterocycles. The molecule has 1 aliphatic heterocycles. The first kappa shape index (κ1) is 20.7. The smallest absolute Gasteiger partial charge is 0.270 e. The highest BCUT2D eigenvalue weighted by atomic mass is 16.6. The molecule has 0 unspecified atom stereocenters. The number of benzene rings is 1. The molecule has 10 nitrogen and oxygen atoms in total. The van der Waals surface area contributed by atoms with Gasteiger partial charge in [0.15, 0.2) is 0 Å². The minimum absolute atomic E-state index is 0.0372.